The quantitative estimate of drug-likeness (QED) is 0.708. The Morgan fingerprint density at radius 2 is 1.92 bits per heavy atom. The van der Waals surface area contributed by atoms with Crippen molar-refractivity contribution in [1.29, 1.82) is 0 Å². The van der Waals surface area contributed by atoms with Crippen molar-refractivity contribution in [2.24, 2.45) is 0 Å². The highest BCUT2D eigenvalue weighted by molar-refractivity contribution is 5.97. The van der Waals surface area contributed by atoms with Crippen molar-refractivity contribution in [3.05, 3.63) is 59.4 Å². The van der Waals surface area contributed by atoms with Gasteiger partial charge in [-0.3, -0.25) is 9.59 Å². The van der Waals surface area contributed by atoms with Gasteiger partial charge < -0.3 is 15.4 Å². The van der Waals surface area contributed by atoms with E-state index in [0.717, 1.165) is 0 Å². The van der Waals surface area contributed by atoms with Crippen LogP contribution in [0.2, 0.25) is 0 Å². The van der Waals surface area contributed by atoms with Crippen LogP contribution < -0.4 is 15.4 Å². The Bertz CT molecular complexity index is 777. The number of carbonyl (C=O) groups is 2. The van der Waals surface area contributed by atoms with Gasteiger partial charge in [-0.1, -0.05) is 18.2 Å². The number of halogens is 1. The lowest BCUT2D eigenvalue weighted by Gasteiger charge is -2.10. The molecule has 0 bridgehead atoms. The van der Waals surface area contributed by atoms with Gasteiger partial charge in [0.15, 0.2) is 0 Å². The molecule has 0 atom stereocenters. The summed E-state index contributed by atoms with van der Waals surface area (Å²) in [4.78, 5) is 24.1. The number of hydrogen-bond donors (Lipinski definition) is 2. The van der Waals surface area contributed by atoms with Crippen LogP contribution in [0.5, 0.6) is 5.75 Å². The number of carbonyl (C=O) groups excluding carboxylic acids is 2. The summed E-state index contributed by atoms with van der Waals surface area (Å²) in [6.07, 6.45) is 0.700. The summed E-state index contributed by atoms with van der Waals surface area (Å²) < 4.78 is 18.9. The molecular weight excluding hydrogens is 335 g/mol. The minimum absolute atomic E-state index is 0.225. The van der Waals surface area contributed by atoms with Gasteiger partial charge >= 0.3 is 0 Å². The molecule has 5 nitrogen and oxygen atoms in total. The number of hydrogen-bond acceptors (Lipinski definition) is 3. The summed E-state index contributed by atoms with van der Waals surface area (Å²) in [5, 5.41) is 5.42. The van der Waals surface area contributed by atoms with Gasteiger partial charge in [0.2, 0.25) is 5.91 Å². The number of para-hydroxylation sites is 1. The summed E-state index contributed by atoms with van der Waals surface area (Å²) in [7, 11) is 0. The van der Waals surface area contributed by atoms with E-state index >= 15 is 0 Å². The molecule has 26 heavy (non-hydrogen) atoms. The molecule has 0 spiro atoms. The van der Waals surface area contributed by atoms with Gasteiger partial charge in [-0.15, -0.1) is 0 Å². The van der Waals surface area contributed by atoms with Crippen LogP contribution in [0.25, 0.3) is 0 Å². The number of amides is 2. The fourth-order valence-corrected chi connectivity index (χ4v) is 2.38. The molecule has 2 aromatic carbocycles. The second kappa shape index (κ2) is 9.56. The van der Waals surface area contributed by atoms with Crippen LogP contribution in [0.4, 0.5) is 10.1 Å². The van der Waals surface area contributed by atoms with Crippen molar-refractivity contribution >= 4 is 17.5 Å². The molecule has 2 N–H and O–H groups in total. The Labute approximate surface area is 152 Å². The molecule has 0 aliphatic carbocycles. The van der Waals surface area contributed by atoms with Gasteiger partial charge in [-0.25, -0.2) is 4.39 Å². The van der Waals surface area contributed by atoms with Crippen LogP contribution in [-0.4, -0.2) is 25.0 Å². The molecule has 0 saturated heterocycles. The third kappa shape index (κ3) is 5.58. The van der Waals surface area contributed by atoms with Crippen molar-refractivity contribution < 1.29 is 18.7 Å². The molecule has 0 saturated carbocycles. The molecule has 2 aromatic rings. The van der Waals surface area contributed by atoms with Crippen molar-refractivity contribution in [3.8, 4) is 5.75 Å². The summed E-state index contributed by atoms with van der Waals surface area (Å²) in [5.74, 6) is -0.290. The predicted molar refractivity (Wildman–Crippen MR) is 98.9 cm³/mol. The van der Waals surface area contributed by atoms with Gasteiger partial charge in [0, 0.05) is 18.7 Å². The highest BCUT2D eigenvalue weighted by Gasteiger charge is 2.11. The normalized spacial score (nSPS) is 10.3. The smallest absolute Gasteiger partial charge is 0.255 e. The van der Waals surface area contributed by atoms with Crippen LogP contribution in [0.15, 0.2) is 42.5 Å². The third-order valence-corrected chi connectivity index (χ3v) is 3.75. The van der Waals surface area contributed by atoms with Crippen LogP contribution in [0.1, 0.15) is 35.7 Å². The SMILES string of the molecule is CCOc1ccccc1C(=O)NCCCC(=O)Nc1ccc(C)c(F)c1. The highest BCUT2D eigenvalue weighted by atomic mass is 19.1. The van der Waals surface area contributed by atoms with Gasteiger partial charge in [-0.2, -0.15) is 0 Å². The molecule has 0 radical (unpaired) electrons. The maximum Gasteiger partial charge on any atom is 0.255 e. The lowest BCUT2D eigenvalue weighted by atomic mass is 10.2. The van der Waals surface area contributed by atoms with Gasteiger partial charge in [0.05, 0.1) is 12.2 Å². The first-order chi connectivity index (χ1) is 12.5. The van der Waals surface area contributed by atoms with Gasteiger partial charge in [0.1, 0.15) is 11.6 Å². The Kier molecular flexibility index (Phi) is 7.14. The third-order valence-electron chi connectivity index (χ3n) is 3.75. The van der Waals surface area contributed by atoms with Crippen LogP contribution in [0, 0.1) is 12.7 Å². The standard InChI is InChI=1S/C20H23FN2O3/c1-3-26-18-8-5-4-7-16(18)20(25)22-12-6-9-19(24)23-15-11-10-14(2)17(21)13-15/h4-5,7-8,10-11,13H,3,6,9,12H2,1-2H3,(H,22,25)(H,23,24). The van der Waals surface area contributed by atoms with E-state index in [4.69, 9.17) is 4.74 Å². The molecular formula is C20H23FN2O3. The van der Waals surface area contributed by atoms with Crippen molar-refractivity contribution in [3.63, 3.8) is 0 Å². The molecule has 0 fully saturated rings. The monoisotopic (exact) mass is 358 g/mol. The Morgan fingerprint density at radius 3 is 2.65 bits per heavy atom. The number of nitrogens with one attached hydrogen (secondary N) is 2. The van der Waals surface area contributed by atoms with Gasteiger partial charge in [-0.05, 0) is 50.1 Å². The Balaban J connectivity index is 1.76. The fourth-order valence-electron chi connectivity index (χ4n) is 2.38. The zero-order valence-electron chi connectivity index (χ0n) is 15.0. The second-order valence-electron chi connectivity index (χ2n) is 5.80. The van der Waals surface area contributed by atoms with Crippen LogP contribution >= 0.6 is 0 Å². The van der Waals surface area contributed by atoms with Crippen LogP contribution in [0.3, 0.4) is 0 Å². The minimum atomic E-state index is -0.358. The first-order valence-electron chi connectivity index (χ1n) is 8.57. The molecule has 0 aliphatic rings. The predicted octanol–water partition coefficient (Wildman–Crippen LogP) is 3.68. The number of ether oxygens (including phenoxy) is 1. The first kappa shape index (κ1) is 19.4. The first-order valence-corrected chi connectivity index (χ1v) is 8.57. The van der Waals surface area contributed by atoms with E-state index < -0.39 is 0 Å². The Hall–Kier alpha value is -2.89. The van der Waals surface area contributed by atoms with Crippen molar-refractivity contribution in [1.82, 2.24) is 5.32 Å². The average Bonchev–Trinajstić information content (AvgIpc) is 2.62. The Morgan fingerprint density at radius 1 is 1.15 bits per heavy atom. The topological polar surface area (TPSA) is 67.4 Å². The zero-order valence-corrected chi connectivity index (χ0v) is 15.0. The van der Waals surface area contributed by atoms with Crippen molar-refractivity contribution in [2.75, 3.05) is 18.5 Å². The number of benzene rings is 2. The maximum absolute atomic E-state index is 13.5. The maximum atomic E-state index is 13.5. The summed E-state index contributed by atoms with van der Waals surface area (Å²) in [6, 6.07) is 11.6. The van der Waals surface area contributed by atoms with E-state index in [0.29, 0.717) is 42.1 Å². The summed E-state index contributed by atoms with van der Waals surface area (Å²) >= 11 is 0. The van der Waals surface area contributed by atoms with E-state index in [1.54, 1.807) is 43.3 Å². The number of aryl methyl sites for hydroxylation is 1. The van der Waals surface area contributed by atoms with Crippen LogP contribution in [-0.2, 0) is 4.79 Å². The molecule has 0 unspecified atom stereocenters. The second-order valence-corrected chi connectivity index (χ2v) is 5.80. The number of anilines is 1. The largest absolute Gasteiger partial charge is 0.493 e. The molecule has 0 aromatic heterocycles. The molecule has 2 rings (SSSR count). The molecule has 0 heterocycles. The lowest BCUT2D eigenvalue weighted by molar-refractivity contribution is -0.116. The lowest BCUT2D eigenvalue weighted by Crippen LogP contribution is -2.26. The minimum Gasteiger partial charge on any atom is -0.493 e. The van der Waals surface area contributed by atoms with Crippen molar-refractivity contribution in [2.45, 2.75) is 26.7 Å². The highest BCUT2D eigenvalue weighted by Crippen LogP contribution is 2.17. The van der Waals surface area contributed by atoms with Gasteiger partial charge in [0.25, 0.3) is 5.91 Å². The van der Waals surface area contributed by atoms with E-state index in [9.17, 15) is 14.0 Å². The molecule has 0 aliphatic heterocycles. The molecule has 6 heteroatoms. The molecule has 138 valence electrons. The number of rotatable bonds is 8. The van der Waals surface area contributed by atoms with E-state index in [1.807, 2.05) is 6.92 Å². The molecule has 2 amide bonds. The average molecular weight is 358 g/mol. The summed E-state index contributed by atoms with van der Waals surface area (Å²) in [6.45, 7) is 4.35. The zero-order chi connectivity index (χ0) is 18.9. The summed E-state index contributed by atoms with van der Waals surface area (Å²) in [5.41, 5.74) is 1.42. The van der Waals surface area contributed by atoms with E-state index in [-0.39, 0.29) is 24.1 Å². The fraction of sp³-hybridized carbons (Fsp3) is 0.300. The van der Waals surface area contributed by atoms with E-state index in [1.165, 1.54) is 6.07 Å². The van der Waals surface area contributed by atoms with E-state index in [2.05, 4.69) is 10.6 Å².